The minimum Gasteiger partial charge on any atom is -0.379 e. The molecule has 0 radical (unpaired) electrons. The number of ether oxygens (including phenoxy) is 2. The average molecular weight is 250 g/mol. The third kappa shape index (κ3) is 12.1. The van der Waals surface area contributed by atoms with E-state index in [9.17, 15) is 4.21 Å². The average Bonchev–Trinajstić information content (AvgIpc) is 2.19. The molecule has 0 heterocycles. The zero-order valence-electron chi connectivity index (χ0n) is 11.0. The Balaban J connectivity index is 3.25. The molecule has 3 nitrogen and oxygen atoms in total. The highest BCUT2D eigenvalue weighted by Gasteiger charge is 2.01. The van der Waals surface area contributed by atoms with E-state index in [1.54, 1.807) is 0 Å². The normalized spacial score (nSPS) is 11.9. The SMILES string of the molecule is CC(C)OCCCS(=O)CCCOC(C)C. The number of rotatable bonds is 10. The van der Waals surface area contributed by atoms with Crippen LogP contribution in [0, 0.1) is 0 Å². The van der Waals surface area contributed by atoms with E-state index in [2.05, 4.69) is 0 Å². The largest absolute Gasteiger partial charge is 0.379 e. The van der Waals surface area contributed by atoms with Crippen LogP contribution in [-0.2, 0) is 20.3 Å². The fraction of sp³-hybridized carbons (Fsp3) is 1.00. The first kappa shape index (κ1) is 16.1. The summed E-state index contributed by atoms with van der Waals surface area (Å²) in [5.41, 5.74) is 0. The lowest BCUT2D eigenvalue weighted by Crippen LogP contribution is -2.11. The molecule has 0 aromatic carbocycles. The second-order valence-corrected chi connectivity index (χ2v) is 6.09. The summed E-state index contributed by atoms with van der Waals surface area (Å²) in [6.07, 6.45) is 2.31. The van der Waals surface area contributed by atoms with E-state index >= 15 is 0 Å². The highest BCUT2D eigenvalue weighted by molar-refractivity contribution is 7.84. The van der Waals surface area contributed by atoms with Crippen LogP contribution in [0.3, 0.4) is 0 Å². The van der Waals surface area contributed by atoms with E-state index in [0.29, 0.717) is 13.2 Å². The third-order valence-electron chi connectivity index (χ3n) is 1.94. The van der Waals surface area contributed by atoms with Gasteiger partial charge in [0.15, 0.2) is 0 Å². The molecular formula is C12H26O3S. The second kappa shape index (κ2) is 10.2. The molecule has 0 unspecified atom stereocenters. The van der Waals surface area contributed by atoms with Crippen molar-refractivity contribution < 1.29 is 13.7 Å². The van der Waals surface area contributed by atoms with Crippen LogP contribution in [0.2, 0.25) is 0 Å². The monoisotopic (exact) mass is 250 g/mol. The van der Waals surface area contributed by atoms with Crippen LogP contribution in [0.25, 0.3) is 0 Å². The van der Waals surface area contributed by atoms with Gasteiger partial charge in [-0.3, -0.25) is 4.21 Å². The molecule has 0 amide bonds. The van der Waals surface area contributed by atoms with Gasteiger partial charge in [0.2, 0.25) is 0 Å². The summed E-state index contributed by atoms with van der Waals surface area (Å²) in [7, 11) is -0.709. The van der Waals surface area contributed by atoms with Crippen molar-refractivity contribution in [3.63, 3.8) is 0 Å². The first-order chi connectivity index (χ1) is 7.52. The predicted octanol–water partition coefficient (Wildman–Crippen LogP) is 2.37. The van der Waals surface area contributed by atoms with Crippen LogP contribution in [0.4, 0.5) is 0 Å². The van der Waals surface area contributed by atoms with E-state index < -0.39 is 10.8 Å². The molecule has 0 bridgehead atoms. The van der Waals surface area contributed by atoms with Crippen molar-refractivity contribution in [3.05, 3.63) is 0 Å². The Hall–Kier alpha value is 0.0700. The summed E-state index contributed by atoms with van der Waals surface area (Å²) in [6.45, 7) is 9.48. The molecule has 98 valence electrons. The Bertz CT molecular complexity index is 163. The molecule has 0 saturated heterocycles. The maximum Gasteiger partial charge on any atom is 0.0518 e. The van der Waals surface area contributed by atoms with Gasteiger partial charge in [0, 0.05) is 35.5 Å². The maximum atomic E-state index is 11.5. The molecule has 0 N–H and O–H groups in total. The summed E-state index contributed by atoms with van der Waals surface area (Å²) in [4.78, 5) is 0. The van der Waals surface area contributed by atoms with Gasteiger partial charge in [0.25, 0.3) is 0 Å². The number of hydrogen-bond acceptors (Lipinski definition) is 3. The third-order valence-corrected chi connectivity index (χ3v) is 3.42. The topological polar surface area (TPSA) is 35.5 Å². The van der Waals surface area contributed by atoms with Crippen molar-refractivity contribution in [1.82, 2.24) is 0 Å². The van der Waals surface area contributed by atoms with Crippen molar-refractivity contribution >= 4 is 10.8 Å². The molecule has 0 aliphatic carbocycles. The van der Waals surface area contributed by atoms with Crippen LogP contribution >= 0.6 is 0 Å². The van der Waals surface area contributed by atoms with Gasteiger partial charge in [-0.05, 0) is 40.5 Å². The lowest BCUT2D eigenvalue weighted by Gasteiger charge is -2.08. The Kier molecular flexibility index (Phi) is 10.3. The van der Waals surface area contributed by atoms with E-state index in [1.807, 2.05) is 27.7 Å². The smallest absolute Gasteiger partial charge is 0.0518 e. The molecule has 0 aliphatic heterocycles. The lowest BCUT2D eigenvalue weighted by molar-refractivity contribution is 0.0793. The van der Waals surface area contributed by atoms with Gasteiger partial charge in [-0.2, -0.15) is 0 Å². The van der Waals surface area contributed by atoms with Gasteiger partial charge in [0.05, 0.1) is 12.2 Å². The van der Waals surface area contributed by atoms with E-state index in [1.165, 1.54) is 0 Å². The van der Waals surface area contributed by atoms with Crippen molar-refractivity contribution in [1.29, 1.82) is 0 Å². The highest BCUT2D eigenvalue weighted by Crippen LogP contribution is 1.97. The van der Waals surface area contributed by atoms with Gasteiger partial charge >= 0.3 is 0 Å². The summed E-state index contributed by atoms with van der Waals surface area (Å²) in [5.74, 6) is 1.49. The second-order valence-electron chi connectivity index (χ2n) is 4.39. The molecule has 0 atom stereocenters. The van der Waals surface area contributed by atoms with E-state index in [-0.39, 0.29) is 12.2 Å². The molecule has 0 aromatic heterocycles. The van der Waals surface area contributed by atoms with Gasteiger partial charge in [-0.1, -0.05) is 0 Å². The predicted molar refractivity (Wildman–Crippen MR) is 69.3 cm³/mol. The van der Waals surface area contributed by atoms with Gasteiger partial charge < -0.3 is 9.47 Å². The highest BCUT2D eigenvalue weighted by atomic mass is 32.2. The fourth-order valence-corrected chi connectivity index (χ4v) is 2.26. The Labute approximate surface area is 102 Å². The van der Waals surface area contributed by atoms with Crippen LogP contribution in [0.1, 0.15) is 40.5 Å². The first-order valence-electron chi connectivity index (χ1n) is 6.10. The standard InChI is InChI=1S/C12H26O3S/c1-11(2)14-7-5-9-16(13)10-6-8-15-12(3)4/h11-12H,5-10H2,1-4H3. The minimum absolute atomic E-state index is 0.271. The van der Waals surface area contributed by atoms with Crippen LogP contribution in [0.5, 0.6) is 0 Å². The summed E-state index contributed by atoms with van der Waals surface area (Å²) in [5, 5.41) is 0. The Morgan fingerprint density at radius 2 is 1.25 bits per heavy atom. The Morgan fingerprint density at radius 1 is 0.875 bits per heavy atom. The molecule has 0 fully saturated rings. The van der Waals surface area contributed by atoms with Crippen LogP contribution in [0.15, 0.2) is 0 Å². The van der Waals surface area contributed by atoms with E-state index in [0.717, 1.165) is 24.3 Å². The van der Waals surface area contributed by atoms with Crippen molar-refractivity contribution in [3.8, 4) is 0 Å². The number of hydrogen-bond donors (Lipinski definition) is 0. The quantitative estimate of drug-likeness (QED) is 0.558. The van der Waals surface area contributed by atoms with E-state index in [4.69, 9.17) is 9.47 Å². The molecule has 0 spiro atoms. The summed E-state index contributed by atoms with van der Waals surface area (Å²) >= 11 is 0. The molecule has 16 heavy (non-hydrogen) atoms. The summed E-state index contributed by atoms with van der Waals surface area (Å²) in [6, 6.07) is 0. The van der Waals surface area contributed by atoms with Crippen LogP contribution < -0.4 is 0 Å². The van der Waals surface area contributed by atoms with Crippen LogP contribution in [-0.4, -0.2) is 41.1 Å². The Morgan fingerprint density at radius 3 is 1.56 bits per heavy atom. The van der Waals surface area contributed by atoms with Gasteiger partial charge in [-0.25, -0.2) is 0 Å². The first-order valence-corrected chi connectivity index (χ1v) is 7.59. The minimum atomic E-state index is -0.709. The van der Waals surface area contributed by atoms with Gasteiger partial charge in [0.1, 0.15) is 0 Å². The molecule has 0 saturated carbocycles. The lowest BCUT2D eigenvalue weighted by atomic mass is 10.4. The molecule has 0 rings (SSSR count). The van der Waals surface area contributed by atoms with Gasteiger partial charge in [-0.15, -0.1) is 0 Å². The molecule has 0 aromatic rings. The zero-order chi connectivity index (χ0) is 12.4. The fourth-order valence-electron chi connectivity index (χ4n) is 1.18. The summed E-state index contributed by atoms with van der Waals surface area (Å²) < 4.78 is 22.3. The maximum absolute atomic E-state index is 11.5. The van der Waals surface area contributed by atoms with Crippen molar-refractivity contribution in [2.24, 2.45) is 0 Å². The molecule has 0 aliphatic rings. The zero-order valence-corrected chi connectivity index (χ0v) is 11.8. The van der Waals surface area contributed by atoms with Crippen molar-refractivity contribution in [2.75, 3.05) is 24.7 Å². The van der Waals surface area contributed by atoms with Crippen molar-refractivity contribution in [2.45, 2.75) is 52.7 Å². The molecule has 4 heteroatoms. The molecular weight excluding hydrogens is 224 g/mol.